The Balaban J connectivity index is 1.93. The predicted molar refractivity (Wildman–Crippen MR) is 111 cm³/mol. The molecule has 0 aliphatic rings. The van der Waals surface area contributed by atoms with Crippen molar-refractivity contribution in [3.8, 4) is 0 Å². The van der Waals surface area contributed by atoms with Gasteiger partial charge in [0.2, 0.25) is 11.2 Å². The predicted octanol–water partition coefficient (Wildman–Crippen LogP) is 1.20. The lowest BCUT2D eigenvalue weighted by molar-refractivity contribution is -0.114. The molecule has 1 aromatic carbocycles. The number of nitrogens with zero attached hydrogens (tertiary/aromatic N) is 4. The van der Waals surface area contributed by atoms with E-state index in [1.165, 1.54) is 42.3 Å². The molecule has 0 saturated heterocycles. The number of carbonyl (C=O) groups is 1. The van der Waals surface area contributed by atoms with E-state index >= 15 is 0 Å². The Morgan fingerprint density at radius 2 is 1.90 bits per heavy atom. The van der Waals surface area contributed by atoms with E-state index in [9.17, 15) is 19.2 Å². The van der Waals surface area contributed by atoms with Crippen LogP contribution < -0.4 is 22.2 Å². The summed E-state index contributed by atoms with van der Waals surface area (Å²) in [5.41, 5.74) is -0.104. The maximum atomic E-state index is 12.7. The number of hydrogen-bond donors (Lipinski definition) is 1. The fourth-order valence-corrected chi connectivity index (χ4v) is 3.60. The number of imidazole rings is 1. The highest BCUT2D eigenvalue weighted by atomic mass is 35.5. The average molecular weight is 430 g/mol. The third-order valence-electron chi connectivity index (χ3n) is 4.78. The van der Waals surface area contributed by atoms with Gasteiger partial charge in [0.25, 0.3) is 5.56 Å². The van der Waals surface area contributed by atoms with Gasteiger partial charge < -0.3 is 14.3 Å². The van der Waals surface area contributed by atoms with Gasteiger partial charge in [0.05, 0.1) is 6.54 Å². The first-order chi connectivity index (χ1) is 14.2. The molecule has 0 atom stereocenters. The summed E-state index contributed by atoms with van der Waals surface area (Å²) in [7, 11) is 2.86. The van der Waals surface area contributed by atoms with E-state index in [0.29, 0.717) is 16.6 Å². The van der Waals surface area contributed by atoms with Crippen LogP contribution in [0.3, 0.4) is 0 Å². The van der Waals surface area contributed by atoms with E-state index in [1.54, 1.807) is 12.1 Å². The van der Waals surface area contributed by atoms with Crippen LogP contribution in [0.1, 0.15) is 12.5 Å². The first-order valence-corrected chi connectivity index (χ1v) is 9.21. The second kappa shape index (κ2) is 6.99. The number of nitrogens with one attached hydrogen (secondary N) is 1. The number of aromatic nitrogens is 4. The zero-order valence-electron chi connectivity index (χ0n) is 16.2. The Hall–Kier alpha value is -3.66. The molecule has 3 heterocycles. The van der Waals surface area contributed by atoms with Gasteiger partial charge in [0, 0.05) is 44.2 Å². The molecule has 10 nitrogen and oxygen atoms in total. The Morgan fingerprint density at radius 1 is 1.17 bits per heavy atom. The second-order valence-corrected chi connectivity index (χ2v) is 7.17. The van der Waals surface area contributed by atoms with Crippen molar-refractivity contribution < 1.29 is 9.21 Å². The van der Waals surface area contributed by atoms with Crippen molar-refractivity contribution in [2.24, 2.45) is 14.1 Å². The van der Waals surface area contributed by atoms with Crippen LogP contribution in [0.5, 0.6) is 0 Å². The van der Waals surface area contributed by atoms with Gasteiger partial charge in [-0.3, -0.25) is 18.7 Å². The molecule has 0 unspecified atom stereocenters. The van der Waals surface area contributed by atoms with Crippen molar-refractivity contribution >= 4 is 45.3 Å². The van der Waals surface area contributed by atoms with Crippen LogP contribution in [0.2, 0.25) is 5.28 Å². The van der Waals surface area contributed by atoms with E-state index in [4.69, 9.17) is 16.0 Å². The monoisotopic (exact) mass is 429 g/mol. The minimum Gasteiger partial charge on any atom is -0.423 e. The molecule has 0 saturated carbocycles. The number of amides is 1. The van der Waals surface area contributed by atoms with Crippen molar-refractivity contribution in [2.75, 3.05) is 5.32 Å². The minimum atomic E-state index is -0.599. The van der Waals surface area contributed by atoms with Gasteiger partial charge in [0.1, 0.15) is 5.58 Å². The summed E-state index contributed by atoms with van der Waals surface area (Å²) in [5.74, 6) is -0.258. The van der Waals surface area contributed by atoms with Crippen molar-refractivity contribution in [1.82, 2.24) is 18.7 Å². The van der Waals surface area contributed by atoms with Gasteiger partial charge in [-0.25, -0.2) is 9.59 Å². The highest BCUT2D eigenvalue weighted by Gasteiger charge is 2.19. The fourth-order valence-electron chi connectivity index (χ4n) is 3.38. The van der Waals surface area contributed by atoms with Crippen LogP contribution in [0.15, 0.2) is 43.1 Å². The minimum absolute atomic E-state index is 0.000410. The molecule has 154 valence electrons. The first kappa shape index (κ1) is 19.6. The number of aryl methyl sites for hydroxylation is 1. The lowest BCUT2D eigenvalue weighted by atomic mass is 10.1. The molecular weight excluding hydrogens is 414 g/mol. The van der Waals surface area contributed by atoms with E-state index in [0.717, 1.165) is 4.57 Å². The van der Waals surface area contributed by atoms with Gasteiger partial charge in [0.15, 0.2) is 11.2 Å². The van der Waals surface area contributed by atoms with Gasteiger partial charge in [-0.2, -0.15) is 4.98 Å². The Morgan fingerprint density at radius 3 is 2.60 bits per heavy atom. The summed E-state index contributed by atoms with van der Waals surface area (Å²) in [6, 6.07) is 6.20. The molecule has 1 amide bonds. The molecule has 11 heteroatoms. The van der Waals surface area contributed by atoms with Crippen molar-refractivity contribution in [3.05, 3.63) is 66.4 Å². The third kappa shape index (κ3) is 3.11. The number of fused-ring (bicyclic) bond motifs is 2. The summed E-state index contributed by atoms with van der Waals surface area (Å²) >= 11 is 6.28. The van der Waals surface area contributed by atoms with Crippen molar-refractivity contribution in [2.45, 2.75) is 13.5 Å². The van der Waals surface area contributed by atoms with Crippen molar-refractivity contribution in [1.29, 1.82) is 0 Å². The fraction of sp³-hybridized carbons (Fsp3) is 0.211. The zero-order chi connectivity index (χ0) is 21.7. The lowest BCUT2D eigenvalue weighted by Crippen LogP contribution is -2.37. The Kier molecular flexibility index (Phi) is 4.58. The molecule has 30 heavy (non-hydrogen) atoms. The summed E-state index contributed by atoms with van der Waals surface area (Å²) in [6.45, 7) is 1.42. The van der Waals surface area contributed by atoms with Gasteiger partial charge in [-0.15, -0.1) is 0 Å². The molecule has 0 aliphatic heterocycles. The molecule has 0 fully saturated rings. The van der Waals surface area contributed by atoms with Gasteiger partial charge in [-0.05, 0) is 29.3 Å². The number of hydrogen-bond acceptors (Lipinski definition) is 6. The second-order valence-electron chi connectivity index (χ2n) is 6.83. The smallest absolute Gasteiger partial charge is 0.336 e. The molecule has 3 aromatic heterocycles. The highest BCUT2D eigenvalue weighted by molar-refractivity contribution is 6.29. The number of halogens is 1. The number of rotatable bonds is 3. The van der Waals surface area contributed by atoms with Crippen LogP contribution >= 0.6 is 11.6 Å². The van der Waals surface area contributed by atoms with Crippen LogP contribution in [0, 0.1) is 0 Å². The van der Waals surface area contributed by atoms with E-state index < -0.39 is 16.9 Å². The van der Waals surface area contributed by atoms with E-state index in [-0.39, 0.29) is 34.5 Å². The van der Waals surface area contributed by atoms with Gasteiger partial charge >= 0.3 is 11.3 Å². The number of benzene rings is 1. The maximum absolute atomic E-state index is 12.7. The quantitative estimate of drug-likeness (QED) is 0.386. The van der Waals surface area contributed by atoms with Crippen LogP contribution in [-0.2, 0) is 25.4 Å². The lowest BCUT2D eigenvalue weighted by Gasteiger charge is -2.10. The van der Waals surface area contributed by atoms with Gasteiger partial charge in [-0.1, -0.05) is 0 Å². The Labute approximate surface area is 172 Å². The number of anilines is 1. The van der Waals surface area contributed by atoms with E-state index in [1.807, 2.05) is 0 Å². The summed E-state index contributed by atoms with van der Waals surface area (Å²) in [4.78, 5) is 52.4. The SMILES string of the molecule is CC(=O)Nc1ccc2c(Cn3c(Cl)nc4c3c(=O)n(C)c(=O)n4C)cc(=O)oc2c1. The van der Waals surface area contributed by atoms with Crippen LogP contribution in [0.4, 0.5) is 5.69 Å². The molecule has 0 spiro atoms. The summed E-state index contributed by atoms with van der Waals surface area (Å²) in [6.07, 6.45) is 0. The summed E-state index contributed by atoms with van der Waals surface area (Å²) in [5, 5.41) is 3.23. The molecule has 0 radical (unpaired) electrons. The van der Waals surface area contributed by atoms with Crippen LogP contribution in [0.25, 0.3) is 22.1 Å². The topological polar surface area (TPSA) is 121 Å². The highest BCUT2D eigenvalue weighted by Crippen LogP contribution is 2.24. The average Bonchev–Trinajstić information content (AvgIpc) is 3.00. The largest absolute Gasteiger partial charge is 0.423 e. The molecule has 1 N–H and O–H groups in total. The molecule has 0 bridgehead atoms. The zero-order valence-corrected chi connectivity index (χ0v) is 17.0. The molecule has 4 rings (SSSR count). The maximum Gasteiger partial charge on any atom is 0.336 e. The van der Waals surface area contributed by atoms with Crippen LogP contribution in [-0.4, -0.2) is 24.6 Å². The standard InChI is InChI=1S/C19H16ClN5O5/c1-9(26)21-11-4-5-12-10(6-14(27)30-13(12)7-11)8-25-15-16(22-18(25)20)23(2)19(29)24(3)17(15)28/h4-7H,8H2,1-3H3,(H,21,26). The molecule has 0 aliphatic carbocycles. The number of carbonyl (C=O) groups excluding carboxylic acids is 1. The Bertz CT molecular complexity index is 1530. The summed E-state index contributed by atoms with van der Waals surface area (Å²) < 4.78 is 8.90. The molecular formula is C19H16ClN5O5. The normalized spacial score (nSPS) is 11.3. The van der Waals surface area contributed by atoms with E-state index in [2.05, 4.69) is 10.3 Å². The first-order valence-electron chi connectivity index (χ1n) is 8.83. The molecule has 4 aromatic rings. The van der Waals surface area contributed by atoms with Crippen molar-refractivity contribution in [3.63, 3.8) is 0 Å². The third-order valence-corrected chi connectivity index (χ3v) is 5.07.